The zero-order valence-electron chi connectivity index (χ0n) is 20.9. The molecule has 182 valence electrons. The minimum atomic E-state index is 0.107. The third-order valence-corrected chi connectivity index (χ3v) is 6.02. The van der Waals surface area contributed by atoms with Crippen molar-refractivity contribution < 1.29 is 23.7 Å². The van der Waals surface area contributed by atoms with Crippen LogP contribution in [-0.2, 0) is 11.2 Å². The van der Waals surface area contributed by atoms with Crippen molar-refractivity contribution in [2.24, 2.45) is 0 Å². The van der Waals surface area contributed by atoms with Gasteiger partial charge >= 0.3 is 0 Å². The van der Waals surface area contributed by atoms with E-state index in [1.807, 2.05) is 24.3 Å². The fourth-order valence-electron chi connectivity index (χ4n) is 3.81. The lowest BCUT2D eigenvalue weighted by Crippen LogP contribution is -2.51. The maximum atomic E-state index is 12.1. The van der Waals surface area contributed by atoms with E-state index >= 15 is 0 Å². The zero-order chi connectivity index (χ0) is 24.3. The summed E-state index contributed by atoms with van der Waals surface area (Å²) in [4.78, 5) is 12.1. The van der Waals surface area contributed by atoms with Gasteiger partial charge in [0.1, 0.15) is 12.2 Å². The van der Waals surface area contributed by atoms with Crippen molar-refractivity contribution in [3.05, 3.63) is 42.0 Å². The second kappa shape index (κ2) is 12.9. The molecular weight excluding hydrogens is 420 g/mol. The van der Waals surface area contributed by atoms with E-state index in [2.05, 4.69) is 31.4 Å². The van der Waals surface area contributed by atoms with E-state index in [9.17, 15) is 4.79 Å². The predicted molar refractivity (Wildman–Crippen MR) is 133 cm³/mol. The van der Waals surface area contributed by atoms with E-state index in [0.29, 0.717) is 34.7 Å². The Balaban J connectivity index is 2.23. The number of ether oxygens (including phenoxy) is 4. The van der Waals surface area contributed by atoms with Crippen LogP contribution >= 0.6 is 0 Å². The number of likely N-dealkylation sites (N-methyl/N-ethyl adjacent to an activating group) is 1. The lowest BCUT2D eigenvalue weighted by Gasteiger charge is -2.35. The number of hydrogen-bond acceptors (Lipinski definition) is 5. The minimum absolute atomic E-state index is 0.107. The lowest BCUT2D eigenvalue weighted by atomic mass is 10.1. The van der Waals surface area contributed by atoms with Gasteiger partial charge < -0.3 is 24.3 Å². The van der Waals surface area contributed by atoms with Crippen LogP contribution in [0, 0.1) is 0 Å². The number of methoxy groups -OCH3 is 4. The van der Waals surface area contributed by atoms with Crippen molar-refractivity contribution in [3.63, 3.8) is 0 Å². The topological polar surface area (TPSA) is 66.0 Å². The van der Waals surface area contributed by atoms with E-state index in [1.165, 1.54) is 0 Å². The fourth-order valence-corrected chi connectivity index (χ4v) is 3.81. The van der Waals surface area contributed by atoms with Gasteiger partial charge in [-0.25, -0.2) is 0 Å². The van der Waals surface area contributed by atoms with Gasteiger partial charge in [0.2, 0.25) is 5.91 Å². The number of carbonyl (C=O) groups is 1. The first-order valence-corrected chi connectivity index (χ1v) is 11.5. The summed E-state index contributed by atoms with van der Waals surface area (Å²) < 4.78 is 22.4. The number of benzene rings is 2. The second-order valence-electron chi connectivity index (χ2n) is 8.28. The molecular formula is C26H39N2O5+. The van der Waals surface area contributed by atoms with Gasteiger partial charge in [-0.2, -0.15) is 0 Å². The molecule has 7 nitrogen and oxygen atoms in total. The summed E-state index contributed by atoms with van der Waals surface area (Å²) in [5, 5.41) is 3.08. The molecule has 0 aliphatic heterocycles. The maximum Gasteiger partial charge on any atom is 0.220 e. The Kier molecular flexibility index (Phi) is 10.3. The number of nitrogens with one attached hydrogen (secondary N) is 1. The molecule has 0 heterocycles. The van der Waals surface area contributed by atoms with Crippen molar-refractivity contribution in [2.75, 3.05) is 55.1 Å². The number of hydrogen-bond donors (Lipinski definition) is 1. The number of carbonyl (C=O) groups excluding carboxylic acids is 1. The highest BCUT2D eigenvalue weighted by Crippen LogP contribution is 2.34. The SMILES string of the molecule is CCCCC(=O)NCC[N+](C)(CCc1ccc(OC)c(OC)c1)c1ccc(OC)c(OC)c1. The Morgan fingerprint density at radius 1 is 0.848 bits per heavy atom. The van der Waals surface area contributed by atoms with Gasteiger partial charge in [-0.1, -0.05) is 19.4 Å². The van der Waals surface area contributed by atoms with Gasteiger partial charge in [0.25, 0.3) is 0 Å². The molecule has 0 aromatic heterocycles. The molecule has 0 bridgehead atoms. The van der Waals surface area contributed by atoms with Gasteiger partial charge in [0, 0.05) is 25.0 Å². The summed E-state index contributed by atoms with van der Waals surface area (Å²) in [5.74, 6) is 2.93. The van der Waals surface area contributed by atoms with Crippen LogP contribution in [0.1, 0.15) is 31.7 Å². The first-order valence-electron chi connectivity index (χ1n) is 11.5. The van der Waals surface area contributed by atoms with Crippen LogP contribution in [0.3, 0.4) is 0 Å². The van der Waals surface area contributed by atoms with Crippen molar-refractivity contribution in [1.82, 2.24) is 9.80 Å². The molecule has 2 aromatic carbocycles. The third kappa shape index (κ3) is 7.29. The van der Waals surface area contributed by atoms with Crippen LogP contribution in [0.25, 0.3) is 0 Å². The van der Waals surface area contributed by atoms with Crippen molar-refractivity contribution in [1.29, 1.82) is 0 Å². The first kappa shape index (κ1) is 26.3. The number of quaternary nitrogens is 1. The number of rotatable bonds is 14. The first-order chi connectivity index (χ1) is 15.9. The normalized spacial score (nSPS) is 12.5. The summed E-state index contributed by atoms with van der Waals surface area (Å²) >= 11 is 0. The van der Waals surface area contributed by atoms with Crippen LogP contribution in [0.4, 0.5) is 5.69 Å². The quantitative estimate of drug-likeness (QED) is 0.429. The second-order valence-corrected chi connectivity index (χ2v) is 8.28. The van der Waals surface area contributed by atoms with Crippen LogP contribution in [0.15, 0.2) is 36.4 Å². The van der Waals surface area contributed by atoms with E-state index in [-0.39, 0.29) is 5.91 Å². The smallest absolute Gasteiger partial charge is 0.220 e. The summed E-state index contributed by atoms with van der Waals surface area (Å²) in [6.07, 6.45) is 3.32. The van der Waals surface area contributed by atoms with Crippen LogP contribution in [0.2, 0.25) is 0 Å². The monoisotopic (exact) mass is 459 g/mol. The zero-order valence-corrected chi connectivity index (χ0v) is 20.9. The minimum Gasteiger partial charge on any atom is -0.493 e. The molecule has 0 spiro atoms. The van der Waals surface area contributed by atoms with E-state index in [0.717, 1.165) is 49.4 Å². The average Bonchev–Trinajstić information content (AvgIpc) is 2.85. The molecule has 0 aliphatic rings. The Hall–Kier alpha value is -2.93. The van der Waals surface area contributed by atoms with E-state index in [4.69, 9.17) is 18.9 Å². The summed E-state index contributed by atoms with van der Waals surface area (Å²) in [6.45, 7) is 4.27. The molecule has 1 atom stereocenters. The highest BCUT2D eigenvalue weighted by atomic mass is 16.5. The van der Waals surface area contributed by atoms with E-state index in [1.54, 1.807) is 28.4 Å². The molecule has 0 saturated carbocycles. The van der Waals surface area contributed by atoms with Gasteiger partial charge in [-0.3, -0.25) is 9.28 Å². The van der Waals surface area contributed by atoms with Crippen LogP contribution in [0.5, 0.6) is 23.0 Å². The molecule has 0 aliphatic carbocycles. The van der Waals surface area contributed by atoms with Crippen molar-refractivity contribution in [3.8, 4) is 23.0 Å². The van der Waals surface area contributed by atoms with Gasteiger partial charge in [0.05, 0.1) is 48.6 Å². The number of amides is 1. The Labute approximate surface area is 198 Å². The molecule has 0 fully saturated rings. The van der Waals surface area contributed by atoms with Crippen LogP contribution < -0.4 is 28.7 Å². The molecule has 1 unspecified atom stereocenters. The van der Waals surface area contributed by atoms with Crippen LogP contribution in [-0.4, -0.2) is 61.0 Å². The van der Waals surface area contributed by atoms with E-state index < -0.39 is 0 Å². The Morgan fingerprint density at radius 2 is 1.45 bits per heavy atom. The molecule has 0 saturated heterocycles. The van der Waals surface area contributed by atoms with Crippen molar-refractivity contribution in [2.45, 2.75) is 32.6 Å². The van der Waals surface area contributed by atoms with Gasteiger partial charge in [-0.05, 0) is 30.2 Å². The average molecular weight is 460 g/mol. The molecule has 7 heteroatoms. The van der Waals surface area contributed by atoms with Gasteiger partial charge in [-0.15, -0.1) is 0 Å². The maximum absolute atomic E-state index is 12.1. The van der Waals surface area contributed by atoms with Gasteiger partial charge in [0.15, 0.2) is 23.0 Å². The fraction of sp³-hybridized carbons (Fsp3) is 0.500. The third-order valence-electron chi connectivity index (χ3n) is 6.02. The molecule has 1 amide bonds. The number of nitrogens with zero attached hydrogens (tertiary/aromatic N) is 1. The molecule has 2 rings (SSSR count). The molecule has 1 N–H and O–H groups in total. The summed E-state index contributed by atoms with van der Waals surface area (Å²) in [7, 11) is 8.74. The largest absolute Gasteiger partial charge is 0.493 e. The highest BCUT2D eigenvalue weighted by molar-refractivity contribution is 5.75. The Bertz CT molecular complexity index is 902. The standard InChI is InChI=1S/C26H38N2O5/c1-7-8-9-26(29)27-15-17-28(2,21-11-13-23(31-4)25(19-21)33-6)16-14-20-10-12-22(30-3)24(18-20)32-5/h10-13,18-19H,7-9,14-17H2,1-6H3/p+1. The predicted octanol–water partition coefficient (Wildman–Crippen LogP) is 4.21. The summed E-state index contributed by atoms with van der Waals surface area (Å²) in [6, 6.07) is 12.0. The molecule has 0 radical (unpaired) electrons. The lowest BCUT2D eigenvalue weighted by molar-refractivity contribution is -0.121. The molecule has 33 heavy (non-hydrogen) atoms. The Morgan fingerprint density at radius 3 is 2.06 bits per heavy atom. The number of unbranched alkanes of at least 4 members (excludes halogenated alkanes) is 1. The summed E-state index contributed by atoms with van der Waals surface area (Å²) in [5.41, 5.74) is 2.25. The van der Waals surface area contributed by atoms with Crippen molar-refractivity contribution >= 4 is 11.6 Å². The molecule has 2 aromatic rings. The highest BCUT2D eigenvalue weighted by Gasteiger charge is 2.27.